The highest BCUT2D eigenvalue weighted by Crippen LogP contribution is 2.29. The van der Waals surface area contributed by atoms with Crippen LogP contribution < -0.4 is 5.32 Å². The number of carbonyl (C=O) groups excluding carboxylic acids is 1. The molecule has 0 aliphatic rings. The molecule has 1 aromatic carbocycles. The number of amides is 1. The van der Waals surface area contributed by atoms with Gasteiger partial charge in [0, 0.05) is 18.0 Å². The zero-order valence-corrected chi connectivity index (χ0v) is 15.0. The van der Waals surface area contributed by atoms with Crippen molar-refractivity contribution in [2.75, 3.05) is 6.54 Å². The van der Waals surface area contributed by atoms with E-state index >= 15 is 0 Å². The molecule has 0 unspecified atom stereocenters. The van der Waals surface area contributed by atoms with Gasteiger partial charge in [0.2, 0.25) is 0 Å². The Labute approximate surface area is 157 Å². The van der Waals surface area contributed by atoms with Crippen molar-refractivity contribution < 1.29 is 18.0 Å². The summed E-state index contributed by atoms with van der Waals surface area (Å²) in [6, 6.07) is 8.47. The van der Waals surface area contributed by atoms with Crippen LogP contribution >= 0.6 is 11.3 Å². The first-order valence-electron chi connectivity index (χ1n) is 7.90. The molecule has 0 radical (unpaired) electrons. The van der Waals surface area contributed by atoms with Crippen LogP contribution in [0.3, 0.4) is 0 Å². The van der Waals surface area contributed by atoms with Gasteiger partial charge in [-0.1, -0.05) is 29.2 Å². The van der Waals surface area contributed by atoms with Gasteiger partial charge in [0.25, 0.3) is 5.91 Å². The van der Waals surface area contributed by atoms with E-state index in [1.165, 1.54) is 23.5 Å². The van der Waals surface area contributed by atoms with E-state index in [4.69, 9.17) is 0 Å². The Kier molecular flexibility index (Phi) is 5.33. The molecule has 3 rings (SSSR count). The second kappa shape index (κ2) is 7.68. The Hall–Kier alpha value is -3.05. The van der Waals surface area contributed by atoms with Gasteiger partial charge in [-0.2, -0.15) is 13.2 Å². The Morgan fingerprint density at radius 2 is 2.00 bits per heavy atom. The molecule has 4 nitrogen and oxygen atoms in total. The van der Waals surface area contributed by atoms with Crippen molar-refractivity contribution in [2.45, 2.75) is 13.1 Å². The van der Waals surface area contributed by atoms with Gasteiger partial charge >= 0.3 is 6.18 Å². The van der Waals surface area contributed by atoms with E-state index in [1.807, 2.05) is 29.1 Å². The number of hydrogen-bond acceptors (Lipinski definition) is 3. The molecule has 138 valence electrons. The summed E-state index contributed by atoms with van der Waals surface area (Å²) < 4.78 is 39.8. The van der Waals surface area contributed by atoms with Crippen LogP contribution in [-0.4, -0.2) is 22.0 Å². The number of rotatable bonds is 3. The van der Waals surface area contributed by atoms with E-state index in [0.717, 1.165) is 12.1 Å². The predicted octanol–water partition coefficient (Wildman–Crippen LogP) is 4.04. The summed E-state index contributed by atoms with van der Waals surface area (Å²) in [5.74, 6) is 4.97. The lowest BCUT2D eigenvalue weighted by molar-refractivity contribution is -0.137. The number of aryl methyl sites for hydroxylation is 1. The number of nitrogens with zero attached hydrogens (tertiary/aromatic N) is 2. The second-order valence-electron chi connectivity index (χ2n) is 5.56. The van der Waals surface area contributed by atoms with Crippen LogP contribution in [0.5, 0.6) is 0 Å². The third kappa shape index (κ3) is 4.57. The van der Waals surface area contributed by atoms with E-state index in [1.54, 1.807) is 6.92 Å². The summed E-state index contributed by atoms with van der Waals surface area (Å²) >= 11 is 1.25. The third-order valence-corrected chi connectivity index (χ3v) is 4.75. The van der Waals surface area contributed by atoms with Crippen LogP contribution in [0.1, 0.15) is 26.5 Å². The van der Waals surface area contributed by atoms with Crippen molar-refractivity contribution in [3.05, 3.63) is 70.5 Å². The quantitative estimate of drug-likeness (QED) is 0.688. The summed E-state index contributed by atoms with van der Waals surface area (Å²) in [6.07, 6.45) is -0.742. The zero-order valence-electron chi connectivity index (χ0n) is 14.2. The van der Waals surface area contributed by atoms with Crippen molar-refractivity contribution in [1.29, 1.82) is 0 Å². The van der Waals surface area contributed by atoms with Gasteiger partial charge in [-0.25, -0.2) is 4.98 Å². The highest BCUT2D eigenvalue weighted by molar-refractivity contribution is 7.16. The van der Waals surface area contributed by atoms with Crippen molar-refractivity contribution in [3.8, 4) is 17.0 Å². The van der Waals surface area contributed by atoms with Crippen LogP contribution in [0.25, 0.3) is 5.13 Å². The zero-order chi connectivity index (χ0) is 19.4. The minimum Gasteiger partial charge on any atom is -0.340 e. The molecule has 2 heterocycles. The lowest BCUT2D eigenvalue weighted by Gasteiger charge is -2.05. The molecule has 0 saturated carbocycles. The molecule has 0 aliphatic carbocycles. The molecule has 1 N–H and O–H groups in total. The minimum atomic E-state index is -4.41. The molecule has 0 spiro atoms. The fourth-order valence-electron chi connectivity index (χ4n) is 2.29. The summed E-state index contributed by atoms with van der Waals surface area (Å²) in [4.78, 5) is 17.1. The third-order valence-electron chi connectivity index (χ3n) is 3.58. The van der Waals surface area contributed by atoms with Gasteiger partial charge < -0.3 is 9.88 Å². The summed E-state index contributed by atoms with van der Waals surface area (Å²) in [5.41, 5.74) is 0.0890. The van der Waals surface area contributed by atoms with E-state index in [2.05, 4.69) is 22.1 Å². The summed E-state index contributed by atoms with van der Waals surface area (Å²) in [5, 5.41) is 3.32. The van der Waals surface area contributed by atoms with Crippen LogP contribution in [-0.2, 0) is 6.18 Å². The van der Waals surface area contributed by atoms with Crippen LogP contribution in [0.15, 0.2) is 48.8 Å². The molecule has 3 aromatic rings. The SMILES string of the molecule is Cc1nc(-n2cccc2)sc1C(=O)NCC#Cc1cccc(C(F)(F)F)c1. The molecule has 0 saturated heterocycles. The number of hydrogen-bond donors (Lipinski definition) is 1. The molecule has 1 amide bonds. The maximum Gasteiger partial charge on any atom is 0.416 e. The van der Waals surface area contributed by atoms with E-state index < -0.39 is 11.7 Å². The van der Waals surface area contributed by atoms with Gasteiger partial charge in [-0.3, -0.25) is 4.79 Å². The molecule has 0 bridgehead atoms. The van der Waals surface area contributed by atoms with Gasteiger partial charge in [0.05, 0.1) is 17.8 Å². The highest BCUT2D eigenvalue weighted by Gasteiger charge is 2.30. The number of thiazole rings is 1. The van der Waals surface area contributed by atoms with E-state index in [9.17, 15) is 18.0 Å². The maximum atomic E-state index is 12.7. The first-order chi connectivity index (χ1) is 12.8. The van der Waals surface area contributed by atoms with Gasteiger partial charge in [0.1, 0.15) is 4.88 Å². The number of carbonyl (C=O) groups is 1. The Morgan fingerprint density at radius 1 is 1.26 bits per heavy atom. The van der Waals surface area contributed by atoms with Crippen molar-refractivity contribution in [1.82, 2.24) is 14.9 Å². The molecule has 2 aromatic heterocycles. The summed E-state index contributed by atoms with van der Waals surface area (Å²) in [7, 11) is 0. The monoisotopic (exact) mass is 389 g/mol. The van der Waals surface area contributed by atoms with Gasteiger partial charge in [-0.05, 0) is 37.3 Å². The average Bonchev–Trinajstić information content (AvgIpc) is 3.27. The van der Waals surface area contributed by atoms with Gasteiger partial charge in [-0.15, -0.1) is 0 Å². The van der Waals surface area contributed by atoms with Crippen LogP contribution in [0.2, 0.25) is 0 Å². The lowest BCUT2D eigenvalue weighted by atomic mass is 10.1. The number of benzene rings is 1. The predicted molar refractivity (Wildman–Crippen MR) is 96.8 cm³/mol. The lowest BCUT2D eigenvalue weighted by Crippen LogP contribution is -2.23. The Bertz CT molecular complexity index is 1010. The first kappa shape index (κ1) is 18.7. The van der Waals surface area contributed by atoms with Crippen molar-refractivity contribution in [2.24, 2.45) is 0 Å². The van der Waals surface area contributed by atoms with E-state index in [0.29, 0.717) is 15.7 Å². The number of nitrogens with one attached hydrogen (secondary N) is 1. The maximum absolute atomic E-state index is 12.7. The summed E-state index contributed by atoms with van der Waals surface area (Å²) in [6.45, 7) is 1.76. The topological polar surface area (TPSA) is 46.9 Å². The molecule has 0 fully saturated rings. The molecule has 27 heavy (non-hydrogen) atoms. The fraction of sp³-hybridized carbons (Fsp3) is 0.158. The normalized spacial score (nSPS) is 11.0. The number of alkyl halides is 3. The highest BCUT2D eigenvalue weighted by atomic mass is 32.1. The van der Waals surface area contributed by atoms with Gasteiger partial charge in [0.15, 0.2) is 5.13 Å². The second-order valence-corrected chi connectivity index (χ2v) is 6.54. The van der Waals surface area contributed by atoms with E-state index in [-0.39, 0.29) is 18.0 Å². The minimum absolute atomic E-state index is 0.0191. The molecule has 0 atom stereocenters. The van der Waals surface area contributed by atoms with Crippen LogP contribution in [0.4, 0.5) is 13.2 Å². The average molecular weight is 389 g/mol. The Morgan fingerprint density at radius 3 is 2.70 bits per heavy atom. The smallest absolute Gasteiger partial charge is 0.340 e. The Balaban J connectivity index is 1.64. The van der Waals surface area contributed by atoms with Crippen LogP contribution in [0, 0.1) is 18.8 Å². The molecular weight excluding hydrogens is 375 g/mol. The number of aromatic nitrogens is 2. The molecular formula is C19H14F3N3OS. The standard InChI is InChI=1S/C19H14F3N3OS/c1-13-16(27-18(24-13)25-10-2-3-11-25)17(26)23-9-5-7-14-6-4-8-15(12-14)19(20,21)22/h2-4,6,8,10-12H,9H2,1H3,(H,23,26). The largest absolute Gasteiger partial charge is 0.416 e. The number of halogens is 3. The van der Waals surface area contributed by atoms with Crippen molar-refractivity contribution >= 4 is 17.2 Å². The first-order valence-corrected chi connectivity index (χ1v) is 8.71. The fourth-order valence-corrected chi connectivity index (χ4v) is 3.24. The molecule has 0 aliphatic heterocycles. The molecule has 8 heteroatoms. The van der Waals surface area contributed by atoms with Crippen molar-refractivity contribution in [3.63, 3.8) is 0 Å².